The van der Waals surface area contributed by atoms with Crippen LogP contribution in [0.5, 0.6) is 11.5 Å². The van der Waals surface area contributed by atoms with E-state index in [0.717, 1.165) is 44.2 Å². The Hall–Kier alpha value is -2.32. The number of ether oxygens (including phenoxy) is 2. The number of hydrogen-bond acceptors (Lipinski definition) is 4. The predicted molar refractivity (Wildman–Crippen MR) is 111 cm³/mol. The smallest absolute Gasteiger partial charge is 0.275 e. The van der Waals surface area contributed by atoms with E-state index in [1.54, 1.807) is 14.2 Å². The van der Waals surface area contributed by atoms with Crippen LogP contribution < -0.4 is 29.9 Å². The lowest BCUT2D eigenvalue weighted by Gasteiger charge is -2.29. The largest absolute Gasteiger partial charge is 0.493 e. The molecule has 2 amide bonds. The zero-order chi connectivity index (χ0) is 21.4. The minimum Gasteiger partial charge on any atom is -0.493 e. The van der Waals surface area contributed by atoms with E-state index < -0.39 is 0 Å². The molecule has 0 aromatic heterocycles. The van der Waals surface area contributed by atoms with Crippen LogP contribution in [0.25, 0.3) is 0 Å². The number of rotatable bonds is 9. The fraction of sp³-hybridized carbons (Fsp3) is 0.619. The molecule has 1 fully saturated rings. The van der Waals surface area contributed by atoms with E-state index >= 15 is 0 Å². The van der Waals surface area contributed by atoms with Crippen molar-refractivity contribution in [2.75, 3.05) is 53.5 Å². The number of amides is 2. The molecular weight excluding hydrogens is 372 g/mol. The molecule has 0 aliphatic carbocycles. The van der Waals surface area contributed by atoms with Crippen LogP contribution in [0, 0.1) is 6.92 Å². The van der Waals surface area contributed by atoms with Gasteiger partial charge in [-0.05, 0) is 38.5 Å². The first-order chi connectivity index (χ1) is 13.8. The maximum absolute atomic E-state index is 12.1. The first-order valence-corrected chi connectivity index (χ1v) is 10.3. The summed E-state index contributed by atoms with van der Waals surface area (Å²) in [7, 11) is 3.31. The molecule has 0 unspecified atom stereocenters. The fourth-order valence-electron chi connectivity index (χ4n) is 3.63. The summed E-state index contributed by atoms with van der Waals surface area (Å²) < 4.78 is 10.8. The third kappa shape index (κ3) is 7.21. The zero-order valence-corrected chi connectivity index (χ0v) is 18.3. The topological polar surface area (TPSA) is 85.5 Å². The molecule has 0 radical (unpaired) electrons. The monoisotopic (exact) mass is 408 g/mol. The first kappa shape index (κ1) is 23.0. The first-order valence-electron chi connectivity index (χ1n) is 10.3. The second-order valence-corrected chi connectivity index (χ2v) is 7.99. The van der Waals surface area contributed by atoms with Crippen LogP contribution in [-0.4, -0.2) is 71.3 Å². The van der Waals surface area contributed by atoms with Crippen LogP contribution in [0.1, 0.15) is 25.0 Å². The lowest BCUT2D eigenvalue weighted by atomic mass is 10.1. The van der Waals surface area contributed by atoms with Crippen LogP contribution in [0.2, 0.25) is 0 Å². The van der Waals surface area contributed by atoms with Crippen molar-refractivity contribution in [2.45, 2.75) is 33.4 Å². The second kappa shape index (κ2) is 11.0. The SMILES string of the molecule is COc1cc(C)c(C[NH+]2CC[NH+](CC(=O)NCC(=O)NC(C)C)CC2)cc1OC. The van der Waals surface area contributed by atoms with Gasteiger partial charge in [-0.3, -0.25) is 9.59 Å². The molecule has 1 heterocycles. The van der Waals surface area contributed by atoms with Gasteiger partial charge in [0.2, 0.25) is 5.91 Å². The highest BCUT2D eigenvalue weighted by atomic mass is 16.5. The van der Waals surface area contributed by atoms with Crippen molar-refractivity contribution in [3.05, 3.63) is 23.3 Å². The molecule has 8 nitrogen and oxygen atoms in total. The van der Waals surface area contributed by atoms with E-state index in [1.165, 1.54) is 20.9 Å². The van der Waals surface area contributed by atoms with Crippen molar-refractivity contribution in [2.24, 2.45) is 0 Å². The molecule has 29 heavy (non-hydrogen) atoms. The quantitative estimate of drug-likeness (QED) is 0.379. The van der Waals surface area contributed by atoms with E-state index in [0.29, 0.717) is 6.54 Å². The number of carbonyl (C=O) groups excluding carboxylic acids is 2. The summed E-state index contributed by atoms with van der Waals surface area (Å²) in [5.41, 5.74) is 2.46. The molecule has 1 aromatic rings. The average molecular weight is 409 g/mol. The van der Waals surface area contributed by atoms with E-state index in [1.807, 2.05) is 19.9 Å². The molecule has 0 saturated carbocycles. The van der Waals surface area contributed by atoms with E-state index in [9.17, 15) is 9.59 Å². The molecule has 1 saturated heterocycles. The maximum atomic E-state index is 12.1. The van der Waals surface area contributed by atoms with Gasteiger partial charge in [-0.15, -0.1) is 0 Å². The molecule has 8 heteroatoms. The van der Waals surface area contributed by atoms with Gasteiger partial charge in [0.15, 0.2) is 18.0 Å². The van der Waals surface area contributed by atoms with Crippen molar-refractivity contribution < 1.29 is 28.9 Å². The average Bonchev–Trinajstić information content (AvgIpc) is 2.68. The van der Waals surface area contributed by atoms with Crippen LogP contribution in [0.15, 0.2) is 12.1 Å². The number of benzene rings is 1. The molecule has 1 aliphatic heterocycles. The van der Waals surface area contributed by atoms with Gasteiger partial charge in [0, 0.05) is 11.6 Å². The van der Waals surface area contributed by atoms with Gasteiger partial charge in [0.05, 0.1) is 20.8 Å². The summed E-state index contributed by atoms with van der Waals surface area (Å²) in [5.74, 6) is 1.29. The Balaban J connectivity index is 1.78. The Kier molecular flexibility index (Phi) is 8.72. The lowest BCUT2D eigenvalue weighted by Crippen LogP contribution is -3.28. The van der Waals surface area contributed by atoms with Crippen LogP contribution in [-0.2, 0) is 16.1 Å². The zero-order valence-electron chi connectivity index (χ0n) is 18.3. The normalized spacial score (nSPS) is 19.0. The molecule has 4 N–H and O–H groups in total. The highest BCUT2D eigenvalue weighted by Crippen LogP contribution is 2.29. The number of nitrogens with one attached hydrogen (secondary N) is 4. The van der Waals surface area contributed by atoms with Gasteiger partial charge in [0.1, 0.15) is 32.7 Å². The molecule has 162 valence electrons. The van der Waals surface area contributed by atoms with Gasteiger partial charge in [-0.1, -0.05) is 0 Å². The maximum Gasteiger partial charge on any atom is 0.275 e. The number of aryl methyl sites for hydroxylation is 1. The van der Waals surface area contributed by atoms with Crippen molar-refractivity contribution in [3.63, 3.8) is 0 Å². The minimum absolute atomic E-state index is 0.0419. The molecule has 2 rings (SSSR count). The van der Waals surface area contributed by atoms with Crippen LogP contribution in [0.4, 0.5) is 0 Å². The Morgan fingerprint density at radius 3 is 2.17 bits per heavy atom. The van der Waals surface area contributed by atoms with Gasteiger partial charge in [-0.25, -0.2) is 0 Å². The Morgan fingerprint density at radius 1 is 1.00 bits per heavy atom. The van der Waals surface area contributed by atoms with Crippen molar-refractivity contribution in [1.82, 2.24) is 10.6 Å². The highest BCUT2D eigenvalue weighted by molar-refractivity contribution is 5.85. The number of hydrogen-bond donors (Lipinski definition) is 4. The number of quaternary nitrogens is 2. The van der Waals surface area contributed by atoms with Gasteiger partial charge >= 0.3 is 0 Å². The van der Waals surface area contributed by atoms with Crippen LogP contribution in [0.3, 0.4) is 0 Å². The van der Waals surface area contributed by atoms with E-state index in [-0.39, 0.29) is 24.4 Å². The Morgan fingerprint density at radius 2 is 1.59 bits per heavy atom. The molecule has 0 spiro atoms. The second-order valence-electron chi connectivity index (χ2n) is 7.99. The molecular formula is C21H36N4O4+2. The number of methoxy groups -OCH3 is 2. The highest BCUT2D eigenvalue weighted by Gasteiger charge is 2.25. The van der Waals surface area contributed by atoms with E-state index in [2.05, 4.69) is 23.6 Å². The standard InChI is InChI=1S/C21H34N4O4/c1-15(2)23-20(26)12-22-21(27)14-25-8-6-24(7-9-25)13-17-11-19(29-5)18(28-4)10-16(17)3/h10-11,15H,6-9,12-14H2,1-5H3,(H,22,27)(H,23,26)/p+2. The summed E-state index contributed by atoms with van der Waals surface area (Å²) in [4.78, 5) is 26.5. The fourth-order valence-corrected chi connectivity index (χ4v) is 3.63. The Labute approximate surface area is 173 Å². The summed E-state index contributed by atoms with van der Waals surface area (Å²) in [6, 6.07) is 4.17. The minimum atomic E-state index is -0.150. The van der Waals surface area contributed by atoms with Gasteiger partial charge in [-0.2, -0.15) is 0 Å². The molecule has 1 aliphatic rings. The van der Waals surface area contributed by atoms with Crippen LogP contribution >= 0.6 is 0 Å². The van der Waals surface area contributed by atoms with Crippen molar-refractivity contribution >= 4 is 11.8 Å². The Bertz CT molecular complexity index is 700. The summed E-state index contributed by atoms with van der Waals surface area (Å²) >= 11 is 0. The third-order valence-corrected chi connectivity index (χ3v) is 5.25. The van der Waals surface area contributed by atoms with Gasteiger partial charge in [0.25, 0.3) is 5.91 Å². The lowest BCUT2D eigenvalue weighted by molar-refractivity contribution is -1.02. The molecule has 0 atom stereocenters. The molecule has 0 bridgehead atoms. The molecule has 1 aromatic carbocycles. The summed E-state index contributed by atoms with van der Waals surface area (Å²) in [5, 5.41) is 5.48. The number of carbonyl (C=O) groups is 2. The van der Waals surface area contributed by atoms with Crippen molar-refractivity contribution in [3.8, 4) is 11.5 Å². The van der Waals surface area contributed by atoms with Gasteiger partial charge < -0.3 is 29.9 Å². The predicted octanol–water partition coefficient (Wildman–Crippen LogP) is -2.06. The summed E-state index contributed by atoms with van der Waals surface area (Å²) in [6.07, 6.45) is 0. The number of piperazine rings is 1. The van der Waals surface area contributed by atoms with Crippen molar-refractivity contribution in [1.29, 1.82) is 0 Å². The van der Waals surface area contributed by atoms with E-state index in [4.69, 9.17) is 9.47 Å². The summed E-state index contributed by atoms with van der Waals surface area (Å²) in [6.45, 7) is 11.2. The third-order valence-electron chi connectivity index (χ3n) is 5.25.